The molecule has 1 atom stereocenters. The number of rotatable bonds is 1. The van der Waals surface area contributed by atoms with Gasteiger partial charge in [0.1, 0.15) is 0 Å². The molecule has 1 aliphatic carbocycles. The van der Waals surface area contributed by atoms with Crippen molar-refractivity contribution in [2.24, 2.45) is 0 Å². The van der Waals surface area contributed by atoms with Crippen molar-refractivity contribution < 1.29 is 20.4 Å². The predicted octanol–water partition coefficient (Wildman–Crippen LogP) is 0.917. The first kappa shape index (κ1) is 20.3. The van der Waals surface area contributed by atoms with Crippen molar-refractivity contribution in [2.75, 3.05) is 20.8 Å². The zero-order valence-corrected chi connectivity index (χ0v) is 10.3. The minimum absolute atomic E-state index is 0.139. The van der Waals surface area contributed by atoms with Crippen molar-refractivity contribution >= 4 is 0 Å². The maximum Gasteiger partial charge on any atom is 0.0742 e. The normalized spacial score (nSPS) is 15.4. The SMILES string of the molecule is C1CCCCC1.CC(O)CO.CO.CO. The highest BCUT2D eigenvalue weighted by Gasteiger charge is 1.95. The van der Waals surface area contributed by atoms with Crippen LogP contribution < -0.4 is 0 Å². The quantitative estimate of drug-likeness (QED) is 0.534. The van der Waals surface area contributed by atoms with Crippen molar-refractivity contribution in [1.82, 2.24) is 0 Å². The topological polar surface area (TPSA) is 80.9 Å². The first-order valence-electron chi connectivity index (χ1n) is 5.45. The molecule has 4 heteroatoms. The number of aliphatic hydroxyl groups is 4. The van der Waals surface area contributed by atoms with Crippen molar-refractivity contribution in [2.45, 2.75) is 51.6 Å². The summed E-state index contributed by atoms with van der Waals surface area (Å²) in [5.41, 5.74) is 0. The molecule has 0 spiro atoms. The third-order valence-electron chi connectivity index (χ3n) is 1.76. The highest BCUT2D eigenvalue weighted by Crippen LogP contribution is 2.15. The molecule has 1 fully saturated rings. The smallest absolute Gasteiger partial charge is 0.0742 e. The second-order valence-corrected chi connectivity index (χ2v) is 3.15. The Balaban J connectivity index is -0.000000146. The summed E-state index contributed by atoms with van der Waals surface area (Å²) in [6, 6.07) is 0. The first-order chi connectivity index (χ1) is 7.27. The van der Waals surface area contributed by atoms with Gasteiger partial charge in [-0.15, -0.1) is 0 Å². The molecule has 0 heterocycles. The van der Waals surface area contributed by atoms with E-state index in [4.69, 9.17) is 20.4 Å². The van der Waals surface area contributed by atoms with Crippen LogP contribution in [0.15, 0.2) is 0 Å². The van der Waals surface area contributed by atoms with E-state index in [0.29, 0.717) is 0 Å². The number of hydrogen-bond acceptors (Lipinski definition) is 4. The number of hydrogen-bond donors (Lipinski definition) is 4. The lowest BCUT2D eigenvalue weighted by Gasteiger charge is -2.05. The molecule has 0 aromatic rings. The minimum Gasteiger partial charge on any atom is -0.400 e. The summed E-state index contributed by atoms with van der Waals surface area (Å²) in [6.45, 7) is 1.39. The average molecular weight is 224 g/mol. The van der Waals surface area contributed by atoms with E-state index in [9.17, 15) is 0 Å². The zero-order chi connectivity index (χ0) is 12.5. The molecule has 0 aromatic heterocycles. The zero-order valence-electron chi connectivity index (χ0n) is 10.3. The van der Waals surface area contributed by atoms with Crippen LogP contribution in [0.5, 0.6) is 0 Å². The first-order valence-corrected chi connectivity index (χ1v) is 5.45. The van der Waals surface area contributed by atoms with Crippen LogP contribution in [0, 0.1) is 0 Å². The van der Waals surface area contributed by atoms with Gasteiger partial charge in [0.2, 0.25) is 0 Å². The van der Waals surface area contributed by atoms with Crippen LogP contribution in [-0.4, -0.2) is 47.4 Å². The molecule has 1 aliphatic rings. The molecule has 1 unspecified atom stereocenters. The maximum absolute atomic E-state index is 8.11. The summed E-state index contributed by atoms with van der Waals surface area (Å²) in [5, 5.41) is 30.0. The van der Waals surface area contributed by atoms with Gasteiger partial charge in [0.25, 0.3) is 0 Å². The summed E-state index contributed by atoms with van der Waals surface area (Å²) in [6.07, 6.45) is 8.44. The van der Waals surface area contributed by atoms with E-state index in [1.54, 1.807) is 0 Å². The van der Waals surface area contributed by atoms with Gasteiger partial charge in [-0.1, -0.05) is 38.5 Å². The van der Waals surface area contributed by atoms with E-state index >= 15 is 0 Å². The second-order valence-electron chi connectivity index (χ2n) is 3.15. The van der Waals surface area contributed by atoms with E-state index in [1.165, 1.54) is 45.4 Å². The highest BCUT2D eigenvalue weighted by molar-refractivity contribution is 4.51. The Morgan fingerprint density at radius 2 is 0.933 bits per heavy atom. The Hall–Kier alpha value is -0.160. The monoisotopic (exact) mass is 224 g/mol. The van der Waals surface area contributed by atoms with Crippen LogP contribution in [0.3, 0.4) is 0 Å². The van der Waals surface area contributed by atoms with Crippen LogP contribution in [0.1, 0.15) is 45.4 Å². The molecule has 0 amide bonds. The average Bonchev–Trinajstić information content (AvgIpc) is 2.37. The van der Waals surface area contributed by atoms with E-state index in [-0.39, 0.29) is 6.61 Å². The summed E-state index contributed by atoms with van der Waals surface area (Å²) in [7, 11) is 2.00. The maximum atomic E-state index is 8.11. The molecule has 0 radical (unpaired) electrons. The lowest BCUT2D eigenvalue weighted by Crippen LogP contribution is -2.03. The molecular weight excluding hydrogens is 196 g/mol. The molecule has 0 saturated heterocycles. The van der Waals surface area contributed by atoms with Crippen molar-refractivity contribution in [3.63, 3.8) is 0 Å². The Morgan fingerprint density at radius 1 is 0.800 bits per heavy atom. The Labute approximate surface area is 93.6 Å². The van der Waals surface area contributed by atoms with E-state index in [2.05, 4.69) is 0 Å². The summed E-state index contributed by atoms with van der Waals surface area (Å²) < 4.78 is 0. The molecule has 0 aliphatic heterocycles. The van der Waals surface area contributed by atoms with Crippen LogP contribution in [0.4, 0.5) is 0 Å². The standard InChI is InChI=1S/C6H12.C3H8O2.2CH4O/c1-2-4-6-5-3-1;1-3(5)2-4;2*1-2/h1-6H2;3-5H,2H2,1H3;2*2H,1H3. The van der Waals surface area contributed by atoms with Gasteiger partial charge in [0.05, 0.1) is 12.7 Å². The fourth-order valence-electron chi connectivity index (χ4n) is 1.06. The molecule has 0 bridgehead atoms. The lowest BCUT2D eigenvalue weighted by atomic mass is 10.0. The molecular formula is C11H28O4. The van der Waals surface area contributed by atoms with Crippen LogP contribution >= 0.6 is 0 Å². The largest absolute Gasteiger partial charge is 0.400 e. The van der Waals surface area contributed by atoms with Gasteiger partial charge in [-0.25, -0.2) is 0 Å². The highest BCUT2D eigenvalue weighted by atomic mass is 16.3. The van der Waals surface area contributed by atoms with Crippen molar-refractivity contribution in [3.05, 3.63) is 0 Å². The van der Waals surface area contributed by atoms with Gasteiger partial charge in [0.15, 0.2) is 0 Å². The van der Waals surface area contributed by atoms with Crippen LogP contribution in [0.2, 0.25) is 0 Å². The summed E-state index contributed by atoms with van der Waals surface area (Å²) in [4.78, 5) is 0. The molecule has 96 valence electrons. The molecule has 4 nitrogen and oxygen atoms in total. The van der Waals surface area contributed by atoms with E-state index < -0.39 is 6.10 Å². The van der Waals surface area contributed by atoms with Gasteiger partial charge in [0, 0.05) is 14.2 Å². The van der Waals surface area contributed by atoms with Crippen LogP contribution in [0.25, 0.3) is 0 Å². The van der Waals surface area contributed by atoms with Crippen LogP contribution in [-0.2, 0) is 0 Å². The van der Waals surface area contributed by atoms with Gasteiger partial charge in [-0.05, 0) is 6.92 Å². The molecule has 4 N–H and O–H groups in total. The number of aliphatic hydroxyl groups excluding tert-OH is 4. The van der Waals surface area contributed by atoms with Gasteiger partial charge < -0.3 is 20.4 Å². The van der Waals surface area contributed by atoms with Crippen molar-refractivity contribution in [1.29, 1.82) is 0 Å². The Bertz CT molecular complexity index is 61.5. The van der Waals surface area contributed by atoms with E-state index in [1.807, 2.05) is 0 Å². The molecule has 15 heavy (non-hydrogen) atoms. The fraction of sp³-hybridized carbons (Fsp3) is 1.00. The molecule has 1 saturated carbocycles. The Kier molecular flexibility index (Phi) is 31.9. The van der Waals surface area contributed by atoms with Gasteiger partial charge in [-0.3, -0.25) is 0 Å². The lowest BCUT2D eigenvalue weighted by molar-refractivity contribution is 0.110. The fourth-order valence-corrected chi connectivity index (χ4v) is 1.06. The Morgan fingerprint density at radius 3 is 1.00 bits per heavy atom. The molecule has 0 aromatic carbocycles. The predicted molar refractivity (Wildman–Crippen MR) is 62.8 cm³/mol. The third kappa shape index (κ3) is 31.6. The second kappa shape index (κ2) is 23.6. The third-order valence-corrected chi connectivity index (χ3v) is 1.76. The van der Waals surface area contributed by atoms with Gasteiger partial charge >= 0.3 is 0 Å². The summed E-state index contributed by atoms with van der Waals surface area (Å²) in [5.74, 6) is 0. The minimum atomic E-state index is -0.560. The van der Waals surface area contributed by atoms with E-state index in [0.717, 1.165) is 14.2 Å². The van der Waals surface area contributed by atoms with Gasteiger partial charge in [-0.2, -0.15) is 0 Å². The molecule has 1 rings (SSSR count). The summed E-state index contributed by atoms with van der Waals surface area (Å²) >= 11 is 0. The van der Waals surface area contributed by atoms with Crippen molar-refractivity contribution in [3.8, 4) is 0 Å².